The number of hydrogen-bond acceptors (Lipinski definition) is 3. The summed E-state index contributed by atoms with van der Waals surface area (Å²) in [6, 6.07) is 7.29. The second-order valence-corrected chi connectivity index (χ2v) is 6.59. The lowest BCUT2D eigenvalue weighted by atomic mass is 10.1. The number of benzene rings is 1. The molecular weight excluding hydrogens is 477 g/mol. The number of aromatic nitrogens is 1. The van der Waals surface area contributed by atoms with Gasteiger partial charge in [-0.15, -0.1) is 24.0 Å². The van der Waals surface area contributed by atoms with Crippen molar-refractivity contribution < 1.29 is 13.5 Å². The van der Waals surface area contributed by atoms with Gasteiger partial charge in [0.25, 0.3) is 0 Å². The molecule has 0 aliphatic heterocycles. The van der Waals surface area contributed by atoms with Gasteiger partial charge in [0.2, 0.25) is 5.88 Å². The molecule has 0 amide bonds. The molecule has 1 aromatic heterocycles. The van der Waals surface area contributed by atoms with E-state index < -0.39 is 11.6 Å². The Hall–Kier alpha value is -1.97. The maximum Gasteiger partial charge on any atom is 0.213 e. The third-order valence-electron chi connectivity index (χ3n) is 4.34. The monoisotopic (exact) mass is 502 g/mol. The molecule has 1 aliphatic rings. The fourth-order valence-corrected chi connectivity index (χ4v) is 2.58. The summed E-state index contributed by atoms with van der Waals surface area (Å²) in [7, 11) is 1.66. The largest absolute Gasteiger partial charge is 0.477 e. The Bertz CT molecular complexity index is 800. The average molecular weight is 502 g/mol. The van der Waals surface area contributed by atoms with Crippen LogP contribution in [0.2, 0.25) is 0 Å². The van der Waals surface area contributed by atoms with Crippen LogP contribution in [0.5, 0.6) is 5.88 Å². The predicted octanol–water partition coefficient (Wildman–Crippen LogP) is 3.67. The van der Waals surface area contributed by atoms with Crippen molar-refractivity contribution in [2.24, 2.45) is 10.9 Å². The molecule has 2 N–H and O–H groups in total. The van der Waals surface area contributed by atoms with Crippen LogP contribution in [-0.4, -0.2) is 31.1 Å². The van der Waals surface area contributed by atoms with Crippen LogP contribution in [0.3, 0.4) is 0 Å². The first-order chi connectivity index (χ1) is 13.1. The van der Waals surface area contributed by atoms with Crippen molar-refractivity contribution in [2.75, 3.05) is 20.2 Å². The zero-order valence-electron chi connectivity index (χ0n) is 15.8. The standard InChI is InChI=1S/C20H24F2N4O.HI/c1-23-20(25-9-7-16-11-17(21)4-5-18(16)22)26-12-15-6-8-24-19(10-15)27-13-14-2-3-14;/h4-6,8,10-11,14H,2-3,7,9,12-13H2,1H3,(H2,23,25,26);1H. The van der Waals surface area contributed by atoms with E-state index >= 15 is 0 Å². The second kappa shape index (κ2) is 11.1. The predicted molar refractivity (Wildman–Crippen MR) is 116 cm³/mol. The van der Waals surface area contributed by atoms with Crippen LogP contribution >= 0.6 is 24.0 Å². The smallest absolute Gasteiger partial charge is 0.213 e. The van der Waals surface area contributed by atoms with Gasteiger partial charge in [-0.3, -0.25) is 4.99 Å². The van der Waals surface area contributed by atoms with Crippen LogP contribution in [-0.2, 0) is 13.0 Å². The number of hydrogen-bond donors (Lipinski definition) is 2. The molecule has 3 rings (SSSR count). The molecule has 5 nitrogen and oxygen atoms in total. The number of rotatable bonds is 8. The summed E-state index contributed by atoms with van der Waals surface area (Å²) in [5, 5.41) is 6.29. The Balaban J connectivity index is 0.00000280. The van der Waals surface area contributed by atoms with Crippen molar-refractivity contribution in [1.82, 2.24) is 15.6 Å². The Morgan fingerprint density at radius 3 is 2.79 bits per heavy atom. The molecule has 0 radical (unpaired) electrons. The van der Waals surface area contributed by atoms with E-state index in [-0.39, 0.29) is 24.0 Å². The van der Waals surface area contributed by atoms with Crippen LogP contribution in [0.4, 0.5) is 8.78 Å². The van der Waals surface area contributed by atoms with Gasteiger partial charge >= 0.3 is 0 Å². The first-order valence-corrected chi connectivity index (χ1v) is 9.10. The number of nitrogens with one attached hydrogen (secondary N) is 2. The third kappa shape index (κ3) is 7.21. The third-order valence-corrected chi connectivity index (χ3v) is 4.34. The SMILES string of the molecule is CN=C(NCCc1cc(F)ccc1F)NCc1ccnc(OCC2CC2)c1.I. The molecule has 8 heteroatoms. The molecule has 0 atom stereocenters. The number of guanidine groups is 1. The van der Waals surface area contributed by atoms with E-state index in [0.717, 1.165) is 24.3 Å². The van der Waals surface area contributed by atoms with Crippen LogP contribution in [0, 0.1) is 17.6 Å². The van der Waals surface area contributed by atoms with Gasteiger partial charge in [0, 0.05) is 32.4 Å². The first-order valence-electron chi connectivity index (χ1n) is 9.10. The summed E-state index contributed by atoms with van der Waals surface area (Å²) in [6.45, 7) is 1.71. The van der Waals surface area contributed by atoms with Crippen LogP contribution in [0.1, 0.15) is 24.0 Å². The van der Waals surface area contributed by atoms with Crippen molar-refractivity contribution in [3.63, 3.8) is 0 Å². The van der Waals surface area contributed by atoms with Crippen LogP contribution in [0.15, 0.2) is 41.5 Å². The lowest BCUT2D eigenvalue weighted by molar-refractivity contribution is 0.288. The van der Waals surface area contributed by atoms with Gasteiger partial charge < -0.3 is 15.4 Å². The molecule has 1 aliphatic carbocycles. The lowest BCUT2D eigenvalue weighted by Crippen LogP contribution is -2.37. The molecule has 0 saturated heterocycles. The Morgan fingerprint density at radius 2 is 2.04 bits per heavy atom. The van der Waals surface area contributed by atoms with E-state index in [2.05, 4.69) is 20.6 Å². The summed E-state index contributed by atoms with van der Waals surface area (Å²) >= 11 is 0. The molecule has 1 heterocycles. The van der Waals surface area contributed by atoms with Crippen molar-refractivity contribution in [3.8, 4) is 5.88 Å². The van der Waals surface area contributed by atoms with Gasteiger partial charge in [-0.05, 0) is 60.6 Å². The van der Waals surface area contributed by atoms with E-state index in [1.165, 1.54) is 18.9 Å². The first kappa shape index (κ1) is 22.3. The Labute approximate surface area is 181 Å². The van der Waals surface area contributed by atoms with E-state index in [4.69, 9.17) is 4.74 Å². The summed E-state index contributed by atoms with van der Waals surface area (Å²) in [5.74, 6) is 1.05. The number of halogens is 3. The number of aliphatic imine (C=N–C) groups is 1. The normalized spacial score (nSPS) is 13.6. The van der Waals surface area contributed by atoms with Gasteiger partial charge in [-0.25, -0.2) is 13.8 Å². The van der Waals surface area contributed by atoms with Crippen LogP contribution < -0.4 is 15.4 Å². The highest BCUT2D eigenvalue weighted by atomic mass is 127. The fraction of sp³-hybridized carbons (Fsp3) is 0.400. The van der Waals surface area contributed by atoms with E-state index in [1.807, 2.05) is 12.1 Å². The summed E-state index contributed by atoms with van der Waals surface area (Å²) in [4.78, 5) is 8.37. The zero-order chi connectivity index (χ0) is 19.1. The van der Waals surface area contributed by atoms with Crippen molar-refractivity contribution in [2.45, 2.75) is 25.8 Å². The minimum Gasteiger partial charge on any atom is -0.477 e. The maximum atomic E-state index is 13.6. The topological polar surface area (TPSA) is 58.5 Å². The van der Waals surface area contributed by atoms with E-state index in [0.29, 0.717) is 42.8 Å². The molecule has 1 aromatic carbocycles. The van der Waals surface area contributed by atoms with Crippen LogP contribution in [0.25, 0.3) is 0 Å². The summed E-state index contributed by atoms with van der Waals surface area (Å²) < 4.78 is 32.5. The highest BCUT2D eigenvalue weighted by Gasteiger charge is 2.22. The van der Waals surface area contributed by atoms with Gasteiger partial charge in [0.05, 0.1) is 6.61 Å². The number of nitrogens with zero attached hydrogens (tertiary/aromatic N) is 2. The van der Waals surface area contributed by atoms with Crippen molar-refractivity contribution >= 4 is 29.9 Å². The minimum absolute atomic E-state index is 0. The van der Waals surface area contributed by atoms with Gasteiger partial charge in [-0.2, -0.15) is 0 Å². The molecule has 28 heavy (non-hydrogen) atoms. The molecule has 0 unspecified atom stereocenters. The fourth-order valence-electron chi connectivity index (χ4n) is 2.58. The molecule has 2 aromatic rings. The van der Waals surface area contributed by atoms with Gasteiger partial charge in [-0.1, -0.05) is 0 Å². The molecule has 0 spiro atoms. The molecular formula is C20H25F2IN4O. The summed E-state index contributed by atoms with van der Waals surface area (Å²) in [6.07, 6.45) is 4.56. The number of ether oxygens (including phenoxy) is 1. The lowest BCUT2D eigenvalue weighted by Gasteiger charge is -2.13. The van der Waals surface area contributed by atoms with Gasteiger partial charge in [0.15, 0.2) is 5.96 Å². The zero-order valence-corrected chi connectivity index (χ0v) is 18.1. The maximum absolute atomic E-state index is 13.6. The highest BCUT2D eigenvalue weighted by Crippen LogP contribution is 2.29. The summed E-state index contributed by atoms with van der Waals surface area (Å²) in [5.41, 5.74) is 1.36. The Kier molecular flexibility index (Phi) is 8.88. The molecule has 1 fully saturated rings. The minimum atomic E-state index is -0.439. The highest BCUT2D eigenvalue weighted by molar-refractivity contribution is 14.0. The van der Waals surface area contributed by atoms with Crippen molar-refractivity contribution in [1.29, 1.82) is 0 Å². The van der Waals surface area contributed by atoms with E-state index in [9.17, 15) is 8.78 Å². The quantitative estimate of drug-likeness (QED) is 0.329. The Morgan fingerprint density at radius 1 is 1.21 bits per heavy atom. The van der Waals surface area contributed by atoms with E-state index in [1.54, 1.807) is 13.2 Å². The number of pyridine rings is 1. The van der Waals surface area contributed by atoms with Crippen molar-refractivity contribution in [3.05, 3.63) is 59.3 Å². The molecule has 1 saturated carbocycles. The molecule has 152 valence electrons. The molecule has 0 bridgehead atoms. The van der Waals surface area contributed by atoms with Gasteiger partial charge in [0.1, 0.15) is 11.6 Å². The average Bonchev–Trinajstić information content (AvgIpc) is 3.50. The second-order valence-electron chi connectivity index (χ2n) is 6.59.